The maximum absolute atomic E-state index is 13.1. The van der Waals surface area contributed by atoms with Crippen LogP contribution in [0.1, 0.15) is 34.3 Å². The molecule has 0 bridgehead atoms. The molecule has 2 aliphatic rings. The van der Waals surface area contributed by atoms with Crippen LogP contribution in [0.5, 0.6) is 0 Å². The van der Waals surface area contributed by atoms with Gasteiger partial charge in [0.05, 0.1) is 0 Å². The highest BCUT2D eigenvalue weighted by Crippen LogP contribution is 2.29. The van der Waals surface area contributed by atoms with Crippen molar-refractivity contribution in [3.63, 3.8) is 0 Å². The Balaban J connectivity index is 1.52. The lowest BCUT2D eigenvalue weighted by molar-refractivity contribution is -0.130. The summed E-state index contributed by atoms with van der Waals surface area (Å²) in [5.74, 6) is -0.791. The summed E-state index contributed by atoms with van der Waals surface area (Å²) >= 11 is 0. The van der Waals surface area contributed by atoms with E-state index in [9.17, 15) is 14.4 Å². The van der Waals surface area contributed by atoms with E-state index < -0.39 is 6.04 Å². The summed E-state index contributed by atoms with van der Waals surface area (Å²) in [7, 11) is 0. The Morgan fingerprint density at radius 2 is 1.75 bits per heavy atom. The van der Waals surface area contributed by atoms with Gasteiger partial charge in [0.1, 0.15) is 6.04 Å². The fourth-order valence-electron chi connectivity index (χ4n) is 3.98. The number of nitrogens with one attached hydrogen (secondary N) is 1. The van der Waals surface area contributed by atoms with Gasteiger partial charge in [0.25, 0.3) is 5.91 Å². The number of carbonyl (C=O) groups excluding carboxylic acids is 3. The number of nitrogens with zero attached hydrogens (tertiary/aromatic N) is 1. The first-order valence-electron chi connectivity index (χ1n) is 9.55. The highest BCUT2D eigenvalue weighted by molar-refractivity contribution is 6.01. The summed E-state index contributed by atoms with van der Waals surface area (Å²) in [4.78, 5) is 38.9. The van der Waals surface area contributed by atoms with Gasteiger partial charge in [-0.25, -0.2) is 0 Å². The van der Waals surface area contributed by atoms with E-state index in [2.05, 4.69) is 5.32 Å². The predicted molar refractivity (Wildman–Crippen MR) is 104 cm³/mol. The number of hydrogen-bond donors (Lipinski definition) is 2. The Labute approximate surface area is 163 Å². The smallest absolute Gasteiger partial charge is 0.255 e. The van der Waals surface area contributed by atoms with E-state index in [1.165, 1.54) is 0 Å². The average Bonchev–Trinajstić information content (AvgIpc) is 2.99. The molecule has 1 heterocycles. The third-order valence-corrected chi connectivity index (χ3v) is 5.69. The number of rotatable bonds is 6. The zero-order chi connectivity index (χ0) is 19.7. The number of fused-ring (bicyclic) bond motifs is 1. The van der Waals surface area contributed by atoms with Crippen molar-refractivity contribution in [3.8, 4) is 0 Å². The fraction of sp³-hybridized carbons (Fsp3) is 0.318. The van der Waals surface area contributed by atoms with Crippen LogP contribution in [0, 0.1) is 5.92 Å². The molecule has 0 saturated heterocycles. The summed E-state index contributed by atoms with van der Waals surface area (Å²) in [6, 6.07) is 16.5. The van der Waals surface area contributed by atoms with E-state index in [0.717, 1.165) is 11.1 Å². The van der Waals surface area contributed by atoms with Crippen molar-refractivity contribution in [2.45, 2.75) is 37.9 Å². The summed E-state index contributed by atoms with van der Waals surface area (Å²) < 4.78 is 0. The van der Waals surface area contributed by atoms with Crippen molar-refractivity contribution in [1.29, 1.82) is 0 Å². The van der Waals surface area contributed by atoms with Crippen LogP contribution in [-0.2, 0) is 22.6 Å². The lowest BCUT2D eigenvalue weighted by atomic mass is 9.79. The Kier molecular flexibility index (Phi) is 4.86. The summed E-state index contributed by atoms with van der Waals surface area (Å²) in [5.41, 5.74) is 7.91. The van der Waals surface area contributed by atoms with Crippen molar-refractivity contribution in [1.82, 2.24) is 10.2 Å². The molecule has 3 amide bonds. The topological polar surface area (TPSA) is 92.5 Å². The maximum Gasteiger partial charge on any atom is 0.255 e. The highest BCUT2D eigenvalue weighted by atomic mass is 16.2. The van der Waals surface area contributed by atoms with E-state index in [1.807, 2.05) is 48.5 Å². The van der Waals surface area contributed by atoms with Gasteiger partial charge in [0.15, 0.2) is 0 Å². The largest absolute Gasteiger partial charge is 0.369 e. The quantitative estimate of drug-likeness (QED) is 0.801. The molecule has 6 nitrogen and oxygen atoms in total. The van der Waals surface area contributed by atoms with Crippen LogP contribution in [0.25, 0.3) is 0 Å². The summed E-state index contributed by atoms with van der Waals surface area (Å²) in [6.07, 6.45) is 1.57. The number of benzene rings is 2. The molecular formula is C22H23N3O3. The van der Waals surface area contributed by atoms with Crippen LogP contribution in [0.4, 0.5) is 0 Å². The van der Waals surface area contributed by atoms with E-state index in [0.29, 0.717) is 31.4 Å². The molecule has 1 aliphatic carbocycles. The van der Waals surface area contributed by atoms with Gasteiger partial charge in [-0.3, -0.25) is 14.4 Å². The maximum atomic E-state index is 13.1. The Bertz CT molecular complexity index is 906. The van der Waals surface area contributed by atoms with Crippen LogP contribution in [-0.4, -0.2) is 34.7 Å². The number of nitrogens with two attached hydrogens (primary N) is 1. The minimum Gasteiger partial charge on any atom is -0.369 e. The molecule has 2 aromatic rings. The second-order valence-electron chi connectivity index (χ2n) is 7.57. The van der Waals surface area contributed by atoms with E-state index in [1.54, 1.807) is 11.0 Å². The van der Waals surface area contributed by atoms with Gasteiger partial charge in [0, 0.05) is 30.5 Å². The van der Waals surface area contributed by atoms with Gasteiger partial charge >= 0.3 is 0 Å². The second kappa shape index (κ2) is 7.46. The molecule has 4 rings (SSSR count). The Morgan fingerprint density at radius 1 is 1.07 bits per heavy atom. The van der Waals surface area contributed by atoms with Crippen molar-refractivity contribution in [3.05, 3.63) is 71.3 Å². The van der Waals surface area contributed by atoms with Crippen LogP contribution < -0.4 is 11.1 Å². The lowest BCUT2D eigenvalue weighted by Gasteiger charge is -2.36. The van der Waals surface area contributed by atoms with Crippen LogP contribution in [0.3, 0.4) is 0 Å². The second-order valence-corrected chi connectivity index (χ2v) is 7.57. The molecule has 1 atom stereocenters. The van der Waals surface area contributed by atoms with Gasteiger partial charge in [0.2, 0.25) is 11.8 Å². The molecule has 0 spiro atoms. The summed E-state index contributed by atoms with van der Waals surface area (Å²) in [6.45, 7) is 0.425. The van der Waals surface area contributed by atoms with Crippen molar-refractivity contribution < 1.29 is 14.4 Å². The minimum absolute atomic E-state index is 0.0663. The monoisotopic (exact) mass is 377 g/mol. The number of carbonyl (C=O) groups is 3. The van der Waals surface area contributed by atoms with Gasteiger partial charge in [-0.15, -0.1) is 0 Å². The molecule has 0 unspecified atom stereocenters. The number of primary amides is 1. The molecule has 1 aliphatic heterocycles. The third-order valence-electron chi connectivity index (χ3n) is 5.69. The van der Waals surface area contributed by atoms with Crippen LogP contribution in [0.2, 0.25) is 0 Å². The van der Waals surface area contributed by atoms with Gasteiger partial charge < -0.3 is 16.0 Å². The number of hydrogen-bond acceptors (Lipinski definition) is 3. The first-order chi connectivity index (χ1) is 13.5. The molecule has 0 radical (unpaired) electrons. The molecule has 3 N–H and O–H groups in total. The van der Waals surface area contributed by atoms with Crippen molar-refractivity contribution in [2.75, 3.05) is 0 Å². The van der Waals surface area contributed by atoms with Crippen LogP contribution >= 0.6 is 0 Å². The predicted octanol–water partition coefficient (Wildman–Crippen LogP) is 1.63. The zero-order valence-electron chi connectivity index (χ0n) is 15.5. The van der Waals surface area contributed by atoms with Crippen molar-refractivity contribution >= 4 is 17.7 Å². The van der Waals surface area contributed by atoms with E-state index in [4.69, 9.17) is 5.73 Å². The normalized spacial score (nSPS) is 21.6. The molecule has 144 valence electrons. The molecular weight excluding hydrogens is 354 g/mol. The molecule has 1 saturated carbocycles. The third kappa shape index (κ3) is 3.50. The van der Waals surface area contributed by atoms with Gasteiger partial charge in [-0.05, 0) is 30.0 Å². The standard InChI is InChI=1S/C22H23N3O3/c23-20(26)16-11-17(12-16)24-21(27)19(10-14-6-2-1-3-7-14)25-13-15-8-4-5-9-18(15)22(25)28/h1-9,16-17,19H,10-13H2,(H2,23,26)(H,24,27)/t16?,17?,19-/m1/s1. The zero-order valence-corrected chi connectivity index (χ0v) is 15.5. The Morgan fingerprint density at radius 3 is 2.43 bits per heavy atom. The molecule has 0 aromatic heterocycles. The van der Waals surface area contributed by atoms with Crippen molar-refractivity contribution in [2.24, 2.45) is 11.7 Å². The lowest BCUT2D eigenvalue weighted by Crippen LogP contribution is -2.55. The average molecular weight is 377 g/mol. The fourth-order valence-corrected chi connectivity index (χ4v) is 3.98. The van der Waals surface area contributed by atoms with E-state index in [-0.39, 0.29) is 29.7 Å². The molecule has 28 heavy (non-hydrogen) atoms. The SMILES string of the molecule is NC(=O)C1CC(NC(=O)[C@@H](Cc2ccccc2)N2Cc3ccccc3C2=O)C1. The Hall–Kier alpha value is -3.15. The van der Waals surface area contributed by atoms with Gasteiger partial charge in [-0.1, -0.05) is 48.5 Å². The first-order valence-corrected chi connectivity index (χ1v) is 9.55. The number of amides is 3. The molecule has 6 heteroatoms. The van der Waals surface area contributed by atoms with E-state index >= 15 is 0 Å². The highest BCUT2D eigenvalue weighted by Gasteiger charge is 2.39. The van der Waals surface area contributed by atoms with Gasteiger partial charge in [-0.2, -0.15) is 0 Å². The summed E-state index contributed by atoms with van der Waals surface area (Å²) in [5, 5.41) is 3.01. The minimum atomic E-state index is -0.602. The first kappa shape index (κ1) is 18.2. The molecule has 2 aromatic carbocycles. The molecule has 1 fully saturated rings. The van der Waals surface area contributed by atoms with Crippen LogP contribution in [0.15, 0.2) is 54.6 Å².